The number of nitrogens with two attached hydrogens (primary N) is 1. The molecule has 98 valence electrons. The molecular weight excluding hydrogens is 239 g/mol. The van der Waals surface area contributed by atoms with Crippen LogP contribution in [0.3, 0.4) is 0 Å². The van der Waals surface area contributed by atoms with Gasteiger partial charge in [0.05, 0.1) is 31.0 Å². The van der Waals surface area contributed by atoms with Gasteiger partial charge < -0.3 is 15.7 Å². The lowest BCUT2D eigenvalue weighted by atomic mass is 9.89. The molecule has 1 unspecified atom stereocenters. The molecule has 0 saturated carbocycles. The molecule has 1 aliphatic heterocycles. The van der Waals surface area contributed by atoms with Gasteiger partial charge >= 0.3 is 0 Å². The second-order valence-electron chi connectivity index (χ2n) is 4.59. The molecule has 0 aliphatic carbocycles. The van der Waals surface area contributed by atoms with Crippen molar-refractivity contribution in [3.8, 4) is 0 Å². The first kappa shape index (κ1) is 12.7. The Kier molecular flexibility index (Phi) is 3.42. The van der Waals surface area contributed by atoms with E-state index in [1.807, 2.05) is 0 Å². The number of hydrogen-bond donors (Lipinski definition) is 2. The Labute approximate surface area is 104 Å². The minimum atomic E-state index is -1.15. The fourth-order valence-corrected chi connectivity index (χ4v) is 2.22. The largest absolute Gasteiger partial charge is 0.388 e. The van der Waals surface area contributed by atoms with E-state index in [-0.39, 0.29) is 13.0 Å². The van der Waals surface area contributed by atoms with Crippen LogP contribution in [-0.4, -0.2) is 39.7 Å². The van der Waals surface area contributed by atoms with Gasteiger partial charge in [-0.15, -0.1) is 0 Å². The van der Waals surface area contributed by atoms with Gasteiger partial charge in [-0.05, 0) is 12.8 Å². The summed E-state index contributed by atoms with van der Waals surface area (Å²) in [7, 11) is 0. The van der Waals surface area contributed by atoms with Gasteiger partial charge in [0.15, 0.2) is 5.82 Å². The minimum Gasteiger partial charge on any atom is -0.388 e. The predicted octanol–water partition coefficient (Wildman–Crippen LogP) is -0.178. The maximum Gasteiger partial charge on any atom is 0.225 e. The number of carbonyl (C=O) groups is 1. The van der Waals surface area contributed by atoms with Crippen LogP contribution in [0.1, 0.15) is 19.3 Å². The molecule has 1 aromatic heterocycles. The number of aliphatic hydroxyl groups is 1. The van der Waals surface area contributed by atoms with Gasteiger partial charge in [0.25, 0.3) is 0 Å². The van der Waals surface area contributed by atoms with E-state index in [1.165, 1.54) is 0 Å². The van der Waals surface area contributed by atoms with Gasteiger partial charge in [0.1, 0.15) is 0 Å². The van der Waals surface area contributed by atoms with Crippen molar-refractivity contribution in [1.29, 1.82) is 0 Å². The quantitative estimate of drug-likeness (QED) is 0.780. The van der Waals surface area contributed by atoms with Crippen molar-refractivity contribution in [3.05, 3.63) is 18.2 Å². The third-order valence-corrected chi connectivity index (χ3v) is 2.95. The standard InChI is InChI=1S/C11H15FN4O2/c12-8-5-14-10(15-6-8)16-3-1-2-11(18,7-16)4-9(13)17/h5-6,18H,1-4,7H2,(H2,13,17). The van der Waals surface area contributed by atoms with Crippen molar-refractivity contribution in [2.75, 3.05) is 18.0 Å². The Balaban J connectivity index is 2.11. The van der Waals surface area contributed by atoms with Crippen LogP contribution in [-0.2, 0) is 4.79 Å². The molecule has 2 rings (SSSR count). The van der Waals surface area contributed by atoms with Crippen molar-refractivity contribution in [1.82, 2.24) is 9.97 Å². The molecular formula is C11H15FN4O2. The maximum absolute atomic E-state index is 12.7. The molecule has 1 atom stereocenters. The molecule has 1 fully saturated rings. The van der Waals surface area contributed by atoms with E-state index in [0.717, 1.165) is 12.4 Å². The number of rotatable bonds is 3. The summed E-state index contributed by atoms with van der Waals surface area (Å²) in [6.45, 7) is 0.883. The number of primary amides is 1. The monoisotopic (exact) mass is 254 g/mol. The number of β-amino-alcohol motifs (C(OH)–C–C–N with tert-alkyl or cyclic N) is 1. The molecule has 0 spiro atoms. The summed E-state index contributed by atoms with van der Waals surface area (Å²) in [5.41, 5.74) is 3.96. The Morgan fingerprint density at radius 1 is 1.56 bits per heavy atom. The summed E-state index contributed by atoms with van der Waals surface area (Å²) < 4.78 is 12.7. The van der Waals surface area contributed by atoms with E-state index < -0.39 is 17.3 Å². The van der Waals surface area contributed by atoms with Crippen LogP contribution in [0, 0.1) is 5.82 Å². The summed E-state index contributed by atoms with van der Waals surface area (Å²) in [6.07, 6.45) is 3.26. The van der Waals surface area contributed by atoms with E-state index in [9.17, 15) is 14.3 Å². The number of carbonyl (C=O) groups excluding carboxylic acids is 1. The summed E-state index contributed by atoms with van der Waals surface area (Å²) >= 11 is 0. The molecule has 0 aromatic carbocycles. The van der Waals surface area contributed by atoms with Crippen LogP contribution < -0.4 is 10.6 Å². The topological polar surface area (TPSA) is 92.3 Å². The van der Waals surface area contributed by atoms with Crippen molar-refractivity contribution < 1.29 is 14.3 Å². The van der Waals surface area contributed by atoms with Gasteiger partial charge in [0, 0.05) is 6.54 Å². The van der Waals surface area contributed by atoms with E-state index in [2.05, 4.69) is 9.97 Å². The highest BCUT2D eigenvalue weighted by Gasteiger charge is 2.35. The van der Waals surface area contributed by atoms with Crippen LogP contribution >= 0.6 is 0 Å². The molecule has 0 radical (unpaired) electrons. The normalized spacial score (nSPS) is 24.0. The van der Waals surface area contributed by atoms with Crippen LogP contribution in [0.15, 0.2) is 12.4 Å². The van der Waals surface area contributed by atoms with Crippen LogP contribution in [0.2, 0.25) is 0 Å². The molecule has 3 N–H and O–H groups in total. The van der Waals surface area contributed by atoms with Gasteiger partial charge in [-0.3, -0.25) is 4.79 Å². The second kappa shape index (κ2) is 4.85. The summed E-state index contributed by atoms with van der Waals surface area (Å²) in [4.78, 5) is 20.4. The molecule has 2 heterocycles. The van der Waals surface area contributed by atoms with E-state index in [0.29, 0.717) is 25.3 Å². The highest BCUT2D eigenvalue weighted by molar-refractivity contribution is 5.75. The van der Waals surface area contributed by atoms with Crippen molar-refractivity contribution in [2.24, 2.45) is 5.73 Å². The summed E-state index contributed by atoms with van der Waals surface area (Å²) in [6, 6.07) is 0. The first-order chi connectivity index (χ1) is 8.48. The Hall–Kier alpha value is -1.76. The predicted molar refractivity (Wildman–Crippen MR) is 62.2 cm³/mol. The zero-order valence-electron chi connectivity index (χ0n) is 9.84. The van der Waals surface area contributed by atoms with Crippen LogP contribution in [0.5, 0.6) is 0 Å². The minimum absolute atomic E-state index is 0.0926. The molecule has 1 amide bonds. The van der Waals surface area contributed by atoms with Gasteiger partial charge in [-0.25, -0.2) is 14.4 Å². The van der Waals surface area contributed by atoms with Crippen molar-refractivity contribution in [2.45, 2.75) is 24.9 Å². The average Bonchev–Trinajstić information content (AvgIpc) is 2.28. The fourth-order valence-electron chi connectivity index (χ4n) is 2.22. The Bertz CT molecular complexity index is 439. The molecule has 7 heteroatoms. The number of aromatic nitrogens is 2. The molecule has 0 bridgehead atoms. The lowest BCUT2D eigenvalue weighted by molar-refractivity contribution is -0.123. The lowest BCUT2D eigenvalue weighted by Crippen LogP contribution is -2.50. The van der Waals surface area contributed by atoms with Crippen LogP contribution in [0.25, 0.3) is 0 Å². The molecule has 6 nitrogen and oxygen atoms in total. The SMILES string of the molecule is NC(=O)CC1(O)CCCN(c2ncc(F)cn2)C1. The number of piperidine rings is 1. The lowest BCUT2D eigenvalue weighted by Gasteiger charge is -2.38. The molecule has 1 aliphatic rings. The second-order valence-corrected chi connectivity index (χ2v) is 4.59. The number of amides is 1. The molecule has 1 saturated heterocycles. The van der Waals surface area contributed by atoms with Gasteiger partial charge in [-0.2, -0.15) is 0 Å². The Morgan fingerprint density at radius 2 is 2.22 bits per heavy atom. The van der Waals surface area contributed by atoms with Crippen molar-refractivity contribution >= 4 is 11.9 Å². The maximum atomic E-state index is 12.7. The van der Waals surface area contributed by atoms with E-state index in [4.69, 9.17) is 5.73 Å². The molecule has 1 aromatic rings. The van der Waals surface area contributed by atoms with E-state index >= 15 is 0 Å². The third-order valence-electron chi connectivity index (χ3n) is 2.95. The summed E-state index contributed by atoms with van der Waals surface area (Å²) in [5, 5.41) is 10.3. The smallest absolute Gasteiger partial charge is 0.225 e. The first-order valence-corrected chi connectivity index (χ1v) is 5.72. The first-order valence-electron chi connectivity index (χ1n) is 5.72. The average molecular weight is 254 g/mol. The Morgan fingerprint density at radius 3 is 2.83 bits per heavy atom. The van der Waals surface area contributed by atoms with E-state index in [1.54, 1.807) is 4.90 Å². The number of nitrogens with zero attached hydrogens (tertiary/aromatic N) is 3. The number of anilines is 1. The highest BCUT2D eigenvalue weighted by Crippen LogP contribution is 2.26. The van der Waals surface area contributed by atoms with Gasteiger partial charge in [0.2, 0.25) is 11.9 Å². The summed E-state index contributed by atoms with van der Waals surface area (Å²) in [5.74, 6) is -0.707. The number of hydrogen-bond acceptors (Lipinski definition) is 5. The van der Waals surface area contributed by atoms with Crippen molar-refractivity contribution in [3.63, 3.8) is 0 Å². The molecule has 18 heavy (non-hydrogen) atoms. The highest BCUT2D eigenvalue weighted by atomic mass is 19.1. The zero-order valence-corrected chi connectivity index (χ0v) is 9.84. The zero-order chi connectivity index (χ0) is 13.2. The van der Waals surface area contributed by atoms with Crippen LogP contribution in [0.4, 0.5) is 10.3 Å². The number of halogens is 1. The third kappa shape index (κ3) is 2.92. The van der Waals surface area contributed by atoms with Gasteiger partial charge in [-0.1, -0.05) is 0 Å². The fraction of sp³-hybridized carbons (Fsp3) is 0.545.